The minimum absolute atomic E-state index is 0.0386. The van der Waals surface area contributed by atoms with Gasteiger partial charge in [-0.1, -0.05) is 26.0 Å². The third kappa shape index (κ3) is 1.54. The first-order valence-electron chi connectivity index (χ1n) is 8.49. The maximum absolute atomic E-state index is 13.4. The van der Waals surface area contributed by atoms with Gasteiger partial charge in [-0.2, -0.15) is 0 Å². The van der Waals surface area contributed by atoms with E-state index >= 15 is 0 Å². The maximum atomic E-state index is 13.4. The lowest BCUT2D eigenvalue weighted by Crippen LogP contribution is -2.65. The zero-order valence-electron chi connectivity index (χ0n) is 13.3. The monoisotopic (exact) mass is 318 g/mol. The Morgan fingerprint density at radius 2 is 1.87 bits per heavy atom. The van der Waals surface area contributed by atoms with Crippen molar-refractivity contribution < 1.29 is 24.6 Å². The third-order valence-electron chi connectivity index (χ3n) is 7.11. The van der Waals surface area contributed by atoms with Gasteiger partial charge in [0, 0.05) is 17.8 Å². The molecule has 4 aliphatic rings. The second-order valence-corrected chi connectivity index (χ2v) is 7.97. The number of fused-ring (bicyclic) bond motifs is 6. The van der Waals surface area contributed by atoms with Crippen molar-refractivity contribution in [2.75, 3.05) is 0 Å². The molecule has 124 valence electrons. The van der Waals surface area contributed by atoms with Crippen LogP contribution in [0.25, 0.3) is 0 Å². The van der Waals surface area contributed by atoms with E-state index in [0.717, 1.165) is 0 Å². The van der Waals surface area contributed by atoms with Gasteiger partial charge in [0.25, 0.3) is 0 Å². The Balaban J connectivity index is 1.90. The molecule has 2 N–H and O–H groups in total. The van der Waals surface area contributed by atoms with Crippen LogP contribution in [0.15, 0.2) is 12.2 Å². The van der Waals surface area contributed by atoms with Crippen LogP contribution >= 0.6 is 0 Å². The average Bonchev–Trinajstić information content (AvgIpc) is 3.03. The lowest BCUT2D eigenvalue weighted by Gasteiger charge is -2.52. The molecule has 0 aromatic carbocycles. The first kappa shape index (κ1) is 15.1. The molecule has 0 spiro atoms. The van der Waals surface area contributed by atoms with Crippen molar-refractivity contribution in [1.82, 2.24) is 0 Å². The number of aliphatic carboxylic acids is 1. The van der Waals surface area contributed by atoms with Crippen LogP contribution < -0.4 is 0 Å². The van der Waals surface area contributed by atoms with Crippen LogP contribution in [0.2, 0.25) is 0 Å². The van der Waals surface area contributed by atoms with Crippen LogP contribution in [0, 0.1) is 46.8 Å². The van der Waals surface area contributed by atoms with Gasteiger partial charge in [-0.05, 0) is 36.5 Å². The molecule has 0 saturated heterocycles. The Morgan fingerprint density at radius 3 is 2.52 bits per heavy atom. The molecule has 23 heavy (non-hydrogen) atoms. The zero-order valence-corrected chi connectivity index (χ0v) is 13.3. The van der Waals surface area contributed by atoms with Gasteiger partial charge in [-0.25, -0.2) is 0 Å². The summed E-state index contributed by atoms with van der Waals surface area (Å²) in [6.45, 7) is 3.55. The Bertz CT molecular complexity index is 637. The standard InChI is InChI=1S/C18H22O5/c1-7-3-4-8(2)18(17(22)23)14(7)15(20)12-9-5-10(11(19)6-9)13(12)16(18)21/h3-4,7-14,19H,5-6H2,1-2H3,(H,22,23)/t7-,8+,9+,10+,11-,12?,13?,14-,18-/m0/s1. The number of carboxylic acid groups (broad SMARTS) is 1. The topological polar surface area (TPSA) is 91.7 Å². The number of ketones is 2. The fraction of sp³-hybridized carbons (Fsp3) is 0.722. The van der Waals surface area contributed by atoms with Crippen LogP contribution in [-0.2, 0) is 14.4 Å². The van der Waals surface area contributed by atoms with Gasteiger partial charge < -0.3 is 10.2 Å². The van der Waals surface area contributed by atoms with Crippen molar-refractivity contribution in [2.45, 2.75) is 32.8 Å². The molecular formula is C18H22O5. The summed E-state index contributed by atoms with van der Waals surface area (Å²) in [7, 11) is 0. The van der Waals surface area contributed by atoms with E-state index in [4.69, 9.17) is 0 Å². The van der Waals surface area contributed by atoms with Crippen LogP contribution in [0.5, 0.6) is 0 Å². The average molecular weight is 318 g/mol. The zero-order chi connectivity index (χ0) is 16.7. The van der Waals surface area contributed by atoms with Gasteiger partial charge in [-0.3, -0.25) is 14.4 Å². The van der Waals surface area contributed by atoms with Crippen molar-refractivity contribution >= 4 is 17.5 Å². The second kappa shape index (κ2) is 4.53. The number of aliphatic hydroxyl groups excluding tert-OH is 1. The van der Waals surface area contributed by atoms with Gasteiger partial charge in [0.2, 0.25) is 0 Å². The smallest absolute Gasteiger partial charge is 0.318 e. The number of hydrogen-bond acceptors (Lipinski definition) is 4. The summed E-state index contributed by atoms with van der Waals surface area (Å²) in [6, 6.07) is 0. The Hall–Kier alpha value is -1.49. The van der Waals surface area contributed by atoms with Crippen molar-refractivity contribution in [3.63, 3.8) is 0 Å². The third-order valence-corrected chi connectivity index (χ3v) is 7.11. The molecule has 0 amide bonds. The molecule has 4 aliphatic carbocycles. The Labute approximate surface area is 134 Å². The summed E-state index contributed by atoms with van der Waals surface area (Å²) in [5.74, 6) is -4.26. The summed E-state index contributed by atoms with van der Waals surface area (Å²) >= 11 is 0. The first-order chi connectivity index (χ1) is 10.8. The second-order valence-electron chi connectivity index (χ2n) is 7.97. The highest BCUT2D eigenvalue weighted by Crippen LogP contribution is 2.62. The Kier molecular flexibility index (Phi) is 2.97. The number of Topliss-reactive ketones (excluding diaryl/α,β-unsaturated/α-hetero) is 2. The van der Waals surface area contributed by atoms with E-state index in [1.807, 2.05) is 13.0 Å². The highest BCUT2D eigenvalue weighted by molar-refractivity contribution is 6.14. The number of carbonyl (C=O) groups excluding carboxylic acids is 2. The van der Waals surface area contributed by atoms with Crippen molar-refractivity contribution in [3.05, 3.63) is 12.2 Å². The molecule has 2 bridgehead atoms. The molecule has 0 radical (unpaired) electrons. The summed E-state index contributed by atoms with van der Waals surface area (Å²) < 4.78 is 0. The van der Waals surface area contributed by atoms with E-state index in [1.54, 1.807) is 13.0 Å². The number of carbonyl (C=O) groups is 3. The first-order valence-corrected chi connectivity index (χ1v) is 8.49. The molecule has 5 heteroatoms. The fourth-order valence-corrected chi connectivity index (χ4v) is 6.17. The summed E-state index contributed by atoms with van der Waals surface area (Å²) in [4.78, 5) is 38.8. The van der Waals surface area contributed by atoms with E-state index in [-0.39, 0.29) is 35.2 Å². The highest BCUT2D eigenvalue weighted by Gasteiger charge is 2.72. The van der Waals surface area contributed by atoms with E-state index in [9.17, 15) is 24.6 Å². The lowest BCUT2D eigenvalue weighted by molar-refractivity contribution is -0.180. The molecular weight excluding hydrogens is 296 g/mol. The van der Waals surface area contributed by atoms with Gasteiger partial charge >= 0.3 is 5.97 Å². The van der Waals surface area contributed by atoms with Gasteiger partial charge in [0.1, 0.15) is 11.2 Å². The van der Waals surface area contributed by atoms with Crippen molar-refractivity contribution in [2.24, 2.45) is 46.8 Å². The molecule has 2 unspecified atom stereocenters. The van der Waals surface area contributed by atoms with Crippen molar-refractivity contribution in [1.29, 1.82) is 0 Å². The molecule has 4 rings (SSSR count). The number of carboxylic acids is 1. The normalized spacial score (nSPS) is 54.0. The Morgan fingerprint density at radius 1 is 1.17 bits per heavy atom. The number of aliphatic hydroxyl groups is 1. The van der Waals surface area contributed by atoms with Gasteiger partial charge in [-0.15, -0.1) is 0 Å². The molecule has 9 atom stereocenters. The number of allylic oxidation sites excluding steroid dienone is 2. The summed E-state index contributed by atoms with van der Waals surface area (Å²) in [5.41, 5.74) is -1.66. The lowest BCUT2D eigenvalue weighted by atomic mass is 9.47. The fourth-order valence-electron chi connectivity index (χ4n) is 6.17. The minimum atomic E-state index is -1.66. The summed E-state index contributed by atoms with van der Waals surface area (Å²) in [6.07, 6.45) is 4.31. The van der Waals surface area contributed by atoms with Crippen LogP contribution in [0.4, 0.5) is 0 Å². The van der Waals surface area contributed by atoms with Crippen LogP contribution in [0.1, 0.15) is 26.7 Å². The molecule has 3 fully saturated rings. The van der Waals surface area contributed by atoms with E-state index < -0.39 is 35.2 Å². The van der Waals surface area contributed by atoms with Crippen LogP contribution in [0.3, 0.4) is 0 Å². The predicted molar refractivity (Wildman–Crippen MR) is 80.2 cm³/mol. The van der Waals surface area contributed by atoms with E-state index in [1.165, 1.54) is 0 Å². The van der Waals surface area contributed by atoms with Crippen LogP contribution in [-0.4, -0.2) is 33.9 Å². The maximum Gasteiger partial charge on any atom is 0.318 e. The molecule has 0 heterocycles. The van der Waals surface area contributed by atoms with E-state index in [0.29, 0.717) is 12.8 Å². The van der Waals surface area contributed by atoms with Gasteiger partial charge in [0.15, 0.2) is 5.78 Å². The summed E-state index contributed by atoms with van der Waals surface area (Å²) in [5, 5.41) is 20.2. The highest BCUT2D eigenvalue weighted by atomic mass is 16.4. The minimum Gasteiger partial charge on any atom is -0.480 e. The van der Waals surface area contributed by atoms with E-state index in [2.05, 4.69) is 0 Å². The SMILES string of the molecule is C[C@@H]1C=C[C@H](C)[C@H]2C(=O)C3C(C(=O)[C@]12C(=O)O)[C@@H]1C[C@@H]3C[C@@H]1O. The predicted octanol–water partition coefficient (Wildman–Crippen LogP) is 1.30. The molecule has 3 saturated carbocycles. The molecule has 0 aliphatic heterocycles. The largest absolute Gasteiger partial charge is 0.480 e. The molecule has 0 aromatic rings. The van der Waals surface area contributed by atoms with Gasteiger partial charge in [0.05, 0.1) is 6.10 Å². The number of hydrogen-bond donors (Lipinski definition) is 2. The van der Waals surface area contributed by atoms with Crippen molar-refractivity contribution in [3.8, 4) is 0 Å². The number of rotatable bonds is 1. The molecule has 0 aromatic heterocycles. The molecule has 5 nitrogen and oxygen atoms in total. The quantitative estimate of drug-likeness (QED) is 0.562.